The van der Waals surface area contributed by atoms with E-state index in [4.69, 9.17) is 0 Å². The molecule has 5 nitrogen and oxygen atoms in total. The SMILES string of the molecule is O=C(N[C@@H]1CC(=O)N(CC(F)(F)F)C1)[C@@H]1CCCNC1. The molecule has 2 rings (SSSR count). The van der Waals surface area contributed by atoms with E-state index in [1.165, 1.54) is 0 Å². The lowest BCUT2D eigenvalue weighted by Gasteiger charge is -2.24. The Labute approximate surface area is 114 Å². The maximum absolute atomic E-state index is 12.3. The minimum atomic E-state index is -4.40. The van der Waals surface area contributed by atoms with Crippen molar-refractivity contribution in [2.45, 2.75) is 31.5 Å². The molecule has 0 spiro atoms. The summed E-state index contributed by atoms with van der Waals surface area (Å²) in [6, 6.07) is -0.515. The smallest absolute Gasteiger partial charge is 0.351 e. The maximum Gasteiger partial charge on any atom is 0.406 e. The molecule has 0 radical (unpaired) electrons. The highest BCUT2D eigenvalue weighted by Crippen LogP contribution is 2.21. The third kappa shape index (κ3) is 4.09. The van der Waals surface area contributed by atoms with Crippen LogP contribution in [0.2, 0.25) is 0 Å². The average Bonchev–Trinajstić information content (AvgIpc) is 2.68. The second-order valence-corrected chi connectivity index (χ2v) is 5.34. The molecule has 20 heavy (non-hydrogen) atoms. The Balaban J connectivity index is 1.82. The van der Waals surface area contributed by atoms with E-state index >= 15 is 0 Å². The molecule has 0 aromatic heterocycles. The highest BCUT2D eigenvalue weighted by Gasteiger charge is 2.39. The summed E-state index contributed by atoms with van der Waals surface area (Å²) in [5.41, 5.74) is 0. The van der Waals surface area contributed by atoms with E-state index in [0.29, 0.717) is 6.54 Å². The number of piperidine rings is 1. The first-order valence-corrected chi connectivity index (χ1v) is 6.71. The van der Waals surface area contributed by atoms with Crippen molar-refractivity contribution in [3.8, 4) is 0 Å². The third-order valence-corrected chi connectivity index (χ3v) is 3.60. The average molecular weight is 293 g/mol. The predicted molar refractivity (Wildman–Crippen MR) is 64.8 cm³/mol. The molecular formula is C12H18F3N3O2. The number of amides is 2. The minimum Gasteiger partial charge on any atom is -0.351 e. The molecule has 0 unspecified atom stereocenters. The number of nitrogens with zero attached hydrogens (tertiary/aromatic N) is 1. The number of likely N-dealkylation sites (tertiary alicyclic amines) is 1. The zero-order chi connectivity index (χ0) is 14.8. The Kier molecular flexibility index (Phi) is 4.52. The molecule has 2 amide bonds. The zero-order valence-corrected chi connectivity index (χ0v) is 11.0. The fourth-order valence-electron chi connectivity index (χ4n) is 2.63. The fraction of sp³-hybridized carbons (Fsp3) is 0.833. The standard InChI is InChI=1S/C12H18F3N3O2/c13-12(14,15)7-18-6-9(4-10(18)19)17-11(20)8-2-1-3-16-5-8/h8-9,16H,1-7H2,(H,17,20)/t8-,9-/m1/s1. The summed E-state index contributed by atoms with van der Waals surface area (Å²) in [6.07, 6.45) is -2.78. The topological polar surface area (TPSA) is 61.4 Å². The van der Waals surface area contributed by atoms with Crippen molar-refractivity contribution < 1.29 is 22.8 Å². The van der Waals surface area contributed by atoms with Crippen molar-refractivity contribution >= 4 is 11.8 Å². The number of hydrogen-bond donors (Lipinski definition) is 2. The number of rotatable bonds is 3. The van der Waals surface area contributed by atoms with E-state index in [1.54, 1.807) is 0 Å². The number of nitrogens with one attached hydrogen (secondary N) is 2. The van der Waals surface area contributed by atoms with Crippen molar-refractivity contribution in [2.75, 3.05) is 26.2 Å². The quantitative estimate of drug-likeness (QED) is 0.785. The summed E-state index contributed by atoms with van der Waals surface area (Å²) in [4.78, 5) is 24.2. The molecular weight excluding hydrogens is 275 g/mol. The molecule has 0 aromatic carbocycles. The van der Waals surface area contributed by atoms with Gasteiger partial charge < -0.3 is 15.5 Å². The predicted octanol–water partition coefficient (Wildman–Crippen LogP) is 0.265. The van der Waals surface area contributed by atoms with Gasteiger partial charge in [-0.2, -0.15) is 13.2 Å². The molecule has 0 aliphatic carbocycles. The second-order valence-electron chi connectivity index (χ2n) is 5.34. The van der Waals surface area contributed by atoms with E-state index in [2.05, 4.69) is 10.6 Å². The van der Waals surface area contributed by atoms with Gasteiger partial charge in [-0.1, -0.05) is 0 Å². The second kappa shape index (κ2) is 5.99. The van der Waals surface area contributed by atoms with Crippen LogP contribution in [-0.4, -0.2) is 55.1 Å². The summed E-state index contributed by atoms with van der Waals surface area (Å²) in [7, 11) is 0. The summed E-state index contributed by atoms with van der Waals surface area (Å²) < 4.78 is 36.8. The van der Waals surface area contributed by atoms with Crippen molar-refractivity contribution in [1.29, 1.82) is 0 Å². The van der Waals surface area contributed by atoms with Gasteiger partial charge in [0.1, 0.15) is 6.54 Å². The summed E-state index contributed by atoms with van der Waals surface area (Å²) >= 11 is 0. The van der Waals surface area contributed by atoms with E-state index < -0.39 is 24.7 Å². The lowest BCUT2D eigenvalue weighted by atomic mass is 9.98. The van der Waals surface area contributed by atoms with E-state index in [9.17, 15) is 22.8 Å². The summed E-state index contributed by atoms with van der Waals surface area (Å²) in [6.45, 7) is 0.150. The van der Waals surface area contributed by atoms with Gasteiger partial charge in [-0.3, -0.25) is 9.59 Å². The number of halogens is 3. The van der Waals surface area contributed by atoms with Crippen LogP contribution in [0.3, 0.4) is 0 Å². The first-order chi connectivity index (χ1) is 9.35. The molecule has 8 heteroatoms. The van der Waals surface area contributed by atoms with Crippen LogP contribution in [-0.2, 0) is 9.59 Å². The fourth-order valence-corrected chi connectivity index (χ4v) is 2.63. The van der Waals surface area contributed by atoms with Crippen LogP contribution < -0.4 is 10.6 Å². The van der Waals surface area contributed by atoms with E-state index in [1.807, 2.05) is 0 Å². The maximum atomic E-state index is 12.3. The number of carbonyl (C=O) groups excluding carboxylic acids is 2. The van der Waals surface area contributed by atoms with Crippen molar-refractivity contribution in [1.82, 2.24) is 15.5 Å². The molecule has 2 saturated heterocycles. The minimum absolute atomic E-state index is 0.0536. The molecule has 2 atom stereocenters. The van der Waals surface area contributed by atoms with Gasteiger partial charge in [0.15, 0.2) is 0 Å². The first kappa shape index (κ1) is 15.1. The number of carbonyl (C=O) groups is 2. The van der Waals surface area contributed by atoms with E-state index in [-0.39, 0.29) is 24.8 Å². The van der Waals surface area contributed by atoms with Crippen LogP contribution in [0, 0.1) is 5.92 Å². The van der Waals surface area contributed by atoms with Gasteiger partial charge in [0.2, 0.25) is 11.8 Å². The number of hydrogen-bond acceptors (Lipinski definition) is 3. The van der Waals surface area contributed by atoms with Crippen molar-refractivity contribution in [3.63, 3.8) is 0 Å². The largest absolute Gasteiger partial charge is 0.406 e. The molecule has 0 saturated carbocycles. The van der Waals surface area contributed by atoms with Gasteiger partial charge in [0.25, 0.3) is 0 Å². The van der Waals surface area contributed by atoms with Crippen LogP contribution in [0.5, 0.6) is 0 Å². The molecule has 2 N–H and O–H groups in total. The zero-order valence-electron chi connectivity index (χ0n) is 11.0. The highest BCUT2D eigenvalue weighted by atomic mass is 19.4. The highest BCUT2D eigenvalue weighted by molar-refractivity contribution is 5.83. The normalized spacial score (nSPS) is 27.8. The van der Waals surface area contributed by atoms with Gasteiger partial charge in [-0.25, -0.2) is 0 Å². The monoisotopic (exact) mass is 293 g/mol. The first-order valence-electron chi connectivity index (χ1n) is 6.71. The van der Waals surface area contributed by atoms with Crippen molar-refractivity contribution in [3.05, 3.63) is 0 Å². The third-order valence-electron chi connectivity index (χ3n) is 3.60. The van der Waals surface area contributed by atoms with Crippen LogP contribution in [0.25, 0.3) is 0 Å². The van der Waals surface area contributed by atoms with E-state index in [0.717, 1.165) is 24.3 Å². The molecule has 0 bridgehead atoms. The van der Waals surface area contributed by atoms with Gasteiger partial charge >= 0.3 is 6.18 Å². The van der Waals surface area contributed by atoms with Gasteiger partial charge in [0, 0.05) is 19.5 Å². The molecule has 0 aromatic rings. The van der Waals surface area contributed by atoms with Crippen LogP contribution in [0.15, 0.2) is 0 Å². The number of alkyl halides is 3. The Morgan fingerprint density at radius 3 is 2.80 bits per heavy atom. The summed E-state index contributed by atoms with van der Waals surface area (Å²) in [5, 5.41) is 5.79. The van der Waals surface area contributed by atoms with Gasteiger partial charge in [-0.05, 0) is 19.4 Å². The summed E-state index contributed by atoms with van der Waals surface area (Å²) in [5.74, 6) is -0.895. The lowest BCUT2D eigenvalue weighted by molar-refractivity contribution is -0.157. The van der Waals surface area contributed by atoms with Crippen LogP contribution >= 0.6 is 0 Å². The van der Waals surface area contributed by atoms with Crippen LogP contribution in [0.1, 0.15) is 19.3 Å². The molecule has 2 fully saturated rings. The Morgan fingerprint density at radius 2 is 2.20 bits per heavy atom. The Hall–Kier alpha value is -1.31. The molecule has 2 heterocycles. The molecule has 2 aliphatic rings. The molecule has 114 valence electrons. The lowest BCUT2D eigenvalue weighted by Crippen LogP contribution is -2.45. The Bertz CT molecular complexity index is 381. The van der Waals surface area contributed by atoms with Gasteiger partial charge in [-0.15, -0.1) is 0 Å². The Morgan fingerprint density at radius 1 is 1.45 bits per heavy atom. The van der Waals surface area contributed by atoms with Crippen molar-refractivity contribution in [2.24, 2.45) is 5.92 Å². The van der Waals surface area contributed by atoms with Crippen LogP contribution in [0.4, 0.5) is 13.2 Å². The van der Waals surface area contributed by atoms with Gasteiger partial charge in [0.05, 0.1) is 12.0 Å². The molecule has 2 aliphatic heterocycles.